The van der Waals surface area contributed by atoms with Crippen LogP contribution in [-0.2, 0) is 11.4 Å². The Morgan fingerprint density at radius 1 is 1.12 bits per heavy atom. The van der Waals surface area contributed by atoms with Crippen LogP contribution >= 0.6 is 0 Å². The Balaban J connectivity index is 1.39. The molecule has 0 radical (unpaired) electrons. The molecule has 1 fully saturated rings. The summed E-state index contributed by atoms with van der Waals surface area (Å²) in [6, 6.07) is 15.8. The molecule has 0 unspecified atom stereocenters. The third-order valence-corrected chi connectivity index (χ3v) is 5.96. The number of hydrogen-bond acceptors (Lipinski definition) is 5. The second kappa shape index (κ2) is 9.78. The number of hydrogen-bond donors (Lipinski definition) is 3. The molecule has 2 heterocycles. The van der Waals surface area contributed by atoms with Gasteiger partial charge in [0.2, 0.25) is 0 Å². The smallest absolute Gasteiger partial charge is 0.407 e. The average Bonchev–Trinajstić information content (AvgIpc) is 2.82. The first kappa shape index (κ1) is 23.0. The number of aromatic nitrogens is 1. The number of nitrogens with one attached hydrogen (secondary N) is 1. The number of benzene rings is 2. The van der Waals surface area contributed by atoms with Crippen LogP contribution in [0.15, 0.2) is 54.6 Å². The quantitative estimate of drug-likeness (QED) is 0.511. The molecule has 3 N–H and O–H groups in total. The van der Waals surface area contributed by atoms with Crippen molar-refractivity contribution in [2.45, 2.75) is 26.0 Å². The zero-order valence-electron chi connectivity index (χ0n) is 18.6. The van der Waals surface area contributed by atoms with Crippen molar-refractivity contribution in [3.8, 4) is 5.75 Å². The number of aliphatic carboxylic acids is 1. The van der Waals surface area contributed by atoms with Gasteiger partial charge in [-0.3, -0.25) is 14.6 Å². The van der Waals surface area contributed by atoms with E-state index in [1.165, 1.54) is 0 Å². The van der Waals surface area contributed by atoms with Crippen LogP contribution in [0.2, 0.25) is 0 Å². The minimum absolute atomic E-state index is 0.161. The van der Waals surface area contributed by atoms with E-state index in [2.05, 4.69) is 10.3 Å². The molecule has 1 aliphatic heterocycles. The van der Waals surface area contributed by atoms with Gasteiger partial charge in [0, 0.05) is 41.3 Å². The van der Waals surface area contributed by atoms with Crippen molar-refractivity contribution in [2.75, 3.05) is 13.1 Å². The number of carboxylic acids is 1. The summed E-state index contributed by atoms with van der Waals surface area (Å²) >= 11 is 0. The predicted octanol–water partition coefficient (Wildman–Crippen LogP) is 3.31. The molecule has 0 saturated carbocycles. The van der Waals surface area contributed by atoms with Gasteiger partial charge in [-0.15, -0.1) is 0 Å². The van der Waals surface area contributed by atoms with Gasteiger partial charge in [0.05, 0.1) is 11.4 Å². The fourth-order valence-electron chi connectivity index (χ4n) is 4.18. The normalized spacial score (nSPS) is 17.9. The van der Waals surface area contributed by atoms with Crippen LogP contribution in [0.1, 0.15) is 28.0 Å². The van der Waals surface area contributed by atoms with Crippen molar-refractivity contribution in [1.82, 2.24) is 15.2 Å². The van der Waals surface area contributed by atoms with E-state index >= 15 is 0 Å². The number of pyridine rings is 1. The van der Waals surface area contributed by atoms with E-state index in [-0.39, 0.29) is 19.5 Å². The molecule has 4 rings (SSSR count). The van der Waals surface area contributed by atoms with Crippen LogP contribution in [0.25, 0.3) is 10.9 Å². The molecule has 1 saturated heterocycles. The Morgan fingerprint density at radius 3 is 2.56 bits per heavy atom. The fourth-order valence-corrected chi connectivity index (χ4v) is 4.18. The molecule has 176 valence electrons. The number of para-hydroxylation sites is 1. The Hall–Kier alpha value is -4.14. The maximum Gasteiger partial charge on any atom is 0.407 e. The molecular formula is C25H25N3O6. The van der Waals surface area contributed by atoms with Gasteiger partial charge >= 0.3 is 12.1 Å². The molecule has 0 spiro atoms. The number of carboxylic acid groups (broad SMARTS) is 2. The first-order chi connectivity index (χ1) is 16.3. The molecule has 1 aromatic heterocycles. The number of rotatable bonds is 6. The number of nitrogens with zero attached hydrogens (tertiary/aromatic N) is 2. The summed E-state index contributed by atoms with van der Waals surface area (Å²) in [5.74, 6) is -1.97. The summed E-state index contributed by atoms with van der Waals surface area (Å²) < 4.78 is 5.92. The van der Waals surface area contributed by atoms with E-state index in [1.54, 1.807) is 24.3 Å². The summed E-state index contributed by atoms with van der Waals surface area (Å²) in [5, 5.41) is 22.4. The van der Waals surface area contributed by atoms with Crippen molar-refractivity contribution < 1.29 is 29.3 Å². The van der Waals surface area contributed by atoms with Crippen molar-refractivity contribution in [3.05, 3.63) is 71.4 Å². The Morgan fingerprint density at radius 2 is 1.85 bits per heavy atom. The van der Waals surface area contributed by atoms with Crippen LogP contribution in [0.4, 0.5) is 4.79 Å². The molecular weight excluding hydrogens is 438 g/mol. The number of fused-ring (bicyclic) bond motifs is 1. The number of likely N-dealkylation sites (tertiary alicyclic amines) is 1. The van der Waals surface area contributed by atoms with Crippen molar-refractivity contribution >= 4 is 28.9 Å². The van der Waals surface area contributed by atoms with Crippen LogP contribution < -0.4 is 10.1 Å². The van der Waals surface area contributed by atoms with Gasteiger partial charge in [-0.2, -0.15) is 0 Å². The second-order valence-electron chi connectivity index (χ2n) is 8.29. The molecule has 3 aromatic rings. The van der Waals surface area contributed by atoms with Gasteiger partial charge in [0.25, 0.3) is 5.91 Å². The van der Waals surface area contributed by atoms with Gasteiger partial charge in [0.1, 0.15) is 12.4 Å². The lowest BCUT2D eigenvalue weighted by Crippen LogP contribution is -2.54. The number of aryl methyl sites for hydroxylation is 1. The Kier molecular flexibility index (Phi) is 6.62. The Bertz CT molecular complexity index is 1230. The van der Waals surface area contributed by atoms with Crippen molar-refractivity contribution in [3.63, 3.8) is 0 Å². The lowest BCUT2D eigenvalue weighted by molar-refractivity contribution is -0.144. The first-order valence-corrected chi connectivity index (χ1v) is 10.9. The summed E-state index contributed by atoms with van der Waals surface area (Å²) in [4.78, 5) is 41.0. The predicted molar refractivity (Wildman–Crippen MR) is 124 cm³/mol. The number of amides is 2. The molecule has 2 amide bonds. The zero-order valence-corrected chi connectivity index (χ0v) is 18.6. The third-order valence-electron chi connectivity index (χ3n) is 5.96. The first-order valence-electron chi connectivity index (χ1n) is 10.9. The van der Waals surface area contributed by atoms with E-state index in [4.69, 9.17) is 9.84 Å². The second-order valence-corrected chi connectivity index (χ2v) is 8.29. The molecule has 0 bridgehead atoms. The molecule has 2 atom stereocenters. The summed E-state index contributed by atoms with van der Waals surface area (Å²) in [6.07, 6.45) is -0.934. The van der Waals surface area contributed by atoms with E-state index < -0.39 is 29.9 Å². The number of piperidine rings is 1. The fraction of sp³-hybridized carbons (Fsp3) is 0.280. The summed E-state index contributed by atoms with van der Waals surface area (Å²) in [7, 11) is 0. The van der Waals surface area contributed by atoms with Crippen LogP contribution in [0.3, 0.4) is 0 Å². The van der Waals surface area contributed by atoms with E-state index in [9.17, 15) is 19.5 Å². The van der Waals surface area contributed by atoms with Crippen LogP contribution in [-0.4, -0.2) is 57.2 Å². The van der Waals surface area contributed by atoms with E-state index in [0.717, 1.165) is 27.1 Å². The molecule has 0 aliphatic carbocycles. The standard InChI is InChI=1S/C25H25N3O6/c1-15-12-17(19-4-2-3-5-21(19)26-15)14-34-18-8-6-16(7-9-18)23(29)27-22-10-11-28(25(32)33)13-20(22)24(30)31/h2-9,12,20,22H,10-11,13-14H2,1H3,(H,27,29)(H,30,31)(H,32,33)/t20-,22+/m0/s1. The van der Waals surface area contributed by atoms with E-state index in [1.807, 2.05) is 37.3 Å². The number of ether oxygens (including phenoxy) is 1. The molecule has 2 aromatic carbocycles. The monoisotopic (exact) mass is 463 g/mol. The maximum atomic E-state index is 12.7. The van der Waals surface area contributed by atoms with Crippen molar-refractivity contribution in [1.29, 1.82) is 0 Å². The lowest BCUT2D eigenvalue weighted by atomic mass is 9.92. The highest BCUT2D eigenvalue weighted by atomic mass is 16.5. The highest BCUT2D eigenvalue weighted by molar-refractivity contribution is 5.95. The van der Waals surface area contributed by atoms with Gasteiger partial charge in [-0.05, 0) is 49.7 Å². The van der Waals surface area contributed by atoms with Crippen molar-refractivity contribution in [2.24, 2.45) is 5.92 Å². The topological polar surface area (TPSA) is 129 Å². The van der Waals surface area contributed by atoms with Gasteiger partial charge in [-0.1, -0.05) is 18.2 Å². The Labute approximate surface area is 196 Å². The van der Waals surface area contributed by atoms with Crippen LogP contribution in [0, 0.1) is 12.8 Å². The summed E-state index contributed by atoms with van der Waals surface area (Å²) in [6.45, 7) is 2.28. The highest BCUT2D eigenvalue weighted by Gasteiger charge is 2.37. The highest BCUT2D eigenvalue weighted by Crippen LogP contribution is 2.22. The van der Waals surface area contributed by atoms with E-state index in [0.29, 0.717) is 17.9 Å². The molecule has 9 heteroatoms. The average molecular weight is 463 g/mol. The largest absolute Gasteiger partial charge is 0.489 e. The SMILES string of the molecule is Cc1cc(COc2ccc(C(=O)N[C@@H]3CCN(C(=O)O)C[C@@H]3C(=O)O)cc2)c2ccccc2n1. The summed E-state index contributed by atoms with van der Waals surface area (Å²) in [5.41, 5.74) is 3.18. The molecule has 34 heavy (non-hydrogen) atoms. The van der Waals surface area contributed by atoms with Gasteiger partial charge < -0.3 is 25.2 Å². The minimum atomic E-state index is -1.17. The zero-order chi connectivity index (χ0) is 24.2. The van der Waals surface area contributed by atoms with Gasteiger partial charge in [-0.25, -0.2) is 4.79 Å². The third kappa shape index (κ3) is 5.09. The lowest BCUT2D eigenvalue weighted by Gasteiger charge is -2.35. The molecule has 9 nitrogen and oxygen atoms in total. The number of carbonyl (C=O) groups excluding carboxylic acids is 1. The van der Waals surface area contributed by atoms with Gasteiger partial charge in [0.15, 0.2) is 0 Å². The number of carbonyl (C=O) groups is 3. The molecule has 1 aliphatic rings. The minimum Gasteiger partial charge on any atom is -0.489 e. The maximum absolute atomic E-state index is 12.7. The van der Waals surface area contributed by atoms with Crippen LogP contribution in [0.5, 0.6) is 5.75 Å².